The summed E-state index contributed by atoms with van der Waals surface area (Å²) in [4.78, 5) is 0. The molecule has 4 heteroatoms. The number of benzene rings is 1. The molecule has 0 atom stereocenters. The van der Waals surface area contributed by atoms with Gasteiger partial charge in [0.1, 0.15) is 6.79 Å². The topological polar surface area (TPSA) is 36.9 Å². The van der Waals surface area contributed by atoms with Crippen LogP contribution in [-0.4, -0.2) is 20.7 Å². The molecule has 0 fully saturated rings. The molecule has 1 aliphatic heterocycles. The average Bonchev–Trinajstić information content (AvgIpc) is 2.65. The van der Waals surface area contributed by atoms with E-state index in [0.29, 0.717) is 20.2 Å². The second-order valence-corrected chi connectivity index (χ2v) is 2.94. The maximum absolute atomic E-state index is 5.24. The van der Waals surface area contributed by atoms with Crippen LogP contribution in [0, 0.1) is 0 Å². The molecule has 1 aromatic carbocycles. The number of hydrogen-bond donors (Lipinski definition) is 0. The largest absolute Gasteiger partial charge is 0.454 e. The fraction of sp³-hybridized carbons (Fsp3) is 0.400. The molecule has 14 heavy (non-hydrogen) atoms. The van der Waals surface area contributed by atoms with Crippen molar-refractivity contribution < 1.29 is 18.9 Å². The van der Waals surface area contributed by atoms with E-state index >= 15 is 0 Å². The van der Waals surface area contributed by atoms with E-state index in [2.05, 4.69) is 0 Å². The van der Waals surface area contributed by atoms with Gasteiger partial charge in [-0.15, -0.1) is 0 Å². The van der Waals surface area contributed by atoms with Crippen molar-refractivity contribution in [1.82, 2.24) is 0 Å². The van der Waals surface area contributed by atoms with Crippen LogP contribution in [0.5, 0.6) is 11.5 Å². The van der Waals surface area contributed by atoms with E-state index in [1.54, 1.807) is 7.11 Å². The van der Waals surface area contributed by atoms with Crippen molar-refractivity contribution in [3.63, 3.8) is 0 Å². The van der Waals surface area contributed by atoms with Crippen molar-refractivity contribution in [3.8, 4) is 11.5 Å². The van der Waals surface area contributed by atoms with Crippen molar-refractivity contribution in [3.05, 3.63) is 23.8 Å². The predicted molar refractivity (Wildman–Crippen MR) is 49.2 cm³/mol. The van der Waals surface area contributed by atoms with Gasteiger partial charge in [0.25, 0.3) is 0 Å². The summed E-state index contributed by atoms with van der Waals surface area (Å²) in [6, 6.07) is 5.75. The molecular formula is C10H12O4. The van der Waals surface area contributed by atoms with E-state index in [9.17, 15) is 0 Å². The predicted octanol–water partition coefficient (Wildman–Crippen LogP) is 1.54. The van der Waals surface area contributed by atoms with Crippen LogP contribution in [0.2, 0.25) is 0 Å². The highest BCUT2D eigenvalue weighted by Gasteiger charge is 2.12. The molecule has 1 aromatic rings. The summed E-state index contributed by atoms with van der Waals surface area (Å²) in [6.45, 7) is 1.12. The van der Waals surface area contributed by atoms with E-state index in [1.165, 1.54) is 0 Å². The lowest BCUT2D eigenvalue weighted by molar-refractivity contribution is -0.0390. The Balaban J connectivity index is 1.98. The van der Waals surface area contributed by atoms with Gasteiger partial charge in [0.05, 0.1) is 6.61 Å². The van der Waals surface area contributed by atoms with Crippen LogP contribution in [0.15, 0.2) is 18.2 Å². The quantitative estimate of drug-likeness (QED) is 0.540. The van der Waals surface area contributed by atoms with E-state index in [-0.39, 0.29) is 0 Å². The molecule has 76 valence electrons. The van der Waals surface area contributed by atoms with E-state index in [1.807, 2.05) is 18.2 Å². The lowest BCUT2D eigenvalue weighted by Gasteiger charge is -2.03. The Bertz CT molecular complexity index is 311. The van der Waals surface area contributed by atoms with Crippen LogP contribution in [0.1, 0.15) is 5.56 Å². The Morgan fingerprint density at radius 2 is 2.14 bits per heavy atom. The maximum Gasteiger partial charge on any atom is 0.231 e. The van der Waals surface area contributed by atoms with Gasteiger partial charge in [-0.3, -0.25) is 0 Å². The van der Waals surface area contributed by atoms with Gasteiger partial charge in [-0.05, 0) is 17.7 Å². The summed E-state index contributed by atoms with van der Waals surface area (Å²) in [5.41, 5.74) is 1.05. The van der Waals surface area contributed by atoms with E-state index in [4.69, 9.17) is 18.9 Å². The fourth-order valence-electron chi connectivity index (χ4n) is 1.27. The van der Waals surface area contributed by atoms with Crippen LogP contribution < -0.4 is 9.47 Å². The SMILES string of the molecule is COCOCc1ccc2c(c1)OCO2. The van der Waals surface area contributed by atoms with Crippen LogP contribution in [-0.2, 0) is 16.1 Å². The molecular weight excluding hydrogens is 184 g/mol. The second-order valence-electron chi connectivity index (χ2n) is 2.94. The molecule has 0 saturated carbocycles. The zero-order valence-electron chi connectivity index (χ0n) is 7.99. The van der Waals surface area contributed by atoms with Gasteiger partial charge in [0, 0.05) is 7.11 Å². The summed E-state index contributed by atoms with van der Waals surface area (Å²) >= 11 is 0. The minimum Gasteiger partial charge on any atom is -0.454 e. The van der Waals surface area contributed by atoms with Gasteiger partial charge >= 0.3 is 0 Å². The minimum absolute atomic E-state index is 0.300. The van der Waals surface area contributed by atoms with Crippen LogP contribution in [0.3, 0.4) is 0 Å². The van der Waals surface area contributed by atoms with Gasteiger partial charge < -0.3 is 18.9 Å². The molecule has 0 aromatic heterocycles. The van der Waals surface area contributed by atoms with Gasteiger partial charge in [-0.2, -0.15) is 0 Å². The lowest BCUT2D eigenvalue weighted by Crippen LogP contribution is -1.96. The first-order valence-electron chi connectivity index (χ1n) is 4.35. The molecule has 0 radical (unpaired) electrons. The standard InChI is InChI=1S/C10H12O4/c1-11-6-12-5-8-2-3-9-10(4-8)14-7-13-9/h2-4H,5-7H2,1H3. The van der Waals surface area contributed by atoms with Crippen molar-refractivity contribution in [2.75, 3.05) is 20.7 Å². The third-order valence-electron chi connectivity index (χ3n) is 1.91. The maximum atomic E-state index is 5.24. The molecule has 0 unspecified atom stereocenters. The normalized spacial score (nSPS) is 13.2. The molecule has 0 amide bonds. The molecule has 0 spiro atoms. The summed E-state index contributed by atoms with van der Waals surface area (Å²) in [7, 11) is 1.60. The molecule has 2 rings (SSSR count). The Labute approximate surface area is 82.3 Å². The molecule has 0 N–H and O–H groups in total. The number of fused-ring (bicyclic) bond motifs is 1. The second kappa shape index (κ2) is 4.30. The lowest BCUT2D eigenvalue weighted by atomic mass is 10.2. The average molecular weight is 196 g/mol. The van der Waals surface area contributed by atoms with Crippen LogP contribution in [0.25, 0.3) is 0 Å². The molecule has 4 nitrogen and oxygen atoms in total. The van der Waals surface area contributed by atoms with E-state index < -0.39 is 0 Å². The summed E-state index contributed by atoms with van der Waals surface area (Å²) < 4.78 is 20.4. The first-order chi connectivity index (χ1) is 6.90. The van der Waals surface area contributed by atoms with Gasteiger partial charge in [0.15, 0.2) is 11.5 Å². The van der Waals surface area contributed by atoms with E-state index in [0.717, 1.165) is 17.1 Å². The first kappa shape index (κ1) is 9.30. The Morgan fingerprint density at radius 1 is 1.29 bits per heavy atom. The number of hydrogen-bond acceptors (Lipinski definition) is 4. The van der Waals surface area contributed by atoms with Crippen molar-refractivity contribution >= 4 is 0 Å². The molecule has 0 saturated heterocycles. The first-order valence-corrected chi connectivity index (χ1v) is 4.35. The Morgan fingerprint density at radius 3 is 3.00 bits per heavy atom. The zero-order chi connectivity index (χ0) is 9.80. The van der Waals surface area contributed by atoms with Crippen molar-refractivity contribution in [2.45, 2.75) is 6.61 Å². The summed E-state index contributed by atoms with van der Waals surface area (Å²) in [6.07, 6.45) is 0. The highest BCUT2D eigenvalue weighted by atomic mass is 16.7. The number of methoxy groups -OCH3 is 1. The minimum atomic E-state index is 0.300. The van der Waals surface area contributed by atoms with Gasteiger partial charge in [-0.25, -0.2) is 0 Å². The summed E-state index contributed by atoms with van der Waals surface area (Å²) in [5, 5.41) is 0. The third-order valence-corrected chi connectivity index (χ3v) is 1.91. The Hall–Kier alpha value is -1.26. The van der Waals surface area contributed by atoms with Gasteiger partial charge in [0.2, 0.25) is 6.79 Å². The monoisotopic (exact) mass is 196 g/mol. The molecule has 1 heterocycles. The number of rotatable bonds is 4. The third kappa shape index (κ3) is 1.97. The fourth-order valence-corrected chi connectivity index (χ4v) is 1.27. The highest BCUT2D eigenvalue weighted by Crippen LogP contribution is 2.32. The molecule has 0 bridgehead atoms. The number of ether oxygens (including phenoxy) is 4. The Kier molecular flexibility index (Phi) is 2.86. The van der Waals surface area contributed by atoms with Crippen LogP contribution in [0.4, 0.5) is 0 Å². The molecule has 1 aliphatic rings. The van der Waals surface area contributed by atoms with Crippen LogP contribution >= 0.6 is 0 Å². The zero-order valence-corrected chi connectivity index (χ0v) is 7.99. The van der Waals surface area contributed by atoms with Gasteiger partial charge in [-0.1, -0.05) is 6.07 Å². The van der Waals surface area contributed by atoms with Crippen molar-refractivity contribution in [1.29, 1.82) is 0 Å². The smallest absolute Gasteiger partial charge is 0.231 e. The summed E-state index contributed by atoms with van der Waals surface area (Å²) in [5.74, 6) is 1.57. The highest BCUT2D eigenvalue weighted by molar-refractivity contribution is 5.44. The van der Waals surface area contributed by atoms with Crippen molar-refractivity contribution in [2.24, 2.45) is 0 Å². The molecule has 0 aliphatic carbocycles.